The molecular weight excluding hydrogens is 636 g/mol. The van der Waals surface area contributed by atoms with Crippen molar-refractivity contribution in [2.45, 2.75) is 25.6 Å². The number of rotatable bonds is 26. The van der Waals surface area contributed by atoms with E-state index in [-0.39, 0.29) is 30.5 Å². The lowest BCUT2D eigenvalue weighted by Gasteiger charge is -2.35. The van der Waals surface area contributed by atoms with Crippen molar-refractivity contribution in [3.05, 3.63) is 24.0 Å². The van der Waals surface area contributed by atoms with E-state index in [1.54, 1.807) is 6.07 Å². The normalized spacial score (nSPS) is 14.4. The first-order valence-corrected chi connectivity index (χ1v) is 18.8. The maximum absolute atomic E-state index is 12.8. The molecular formula is C31H54N4O11S. The van der Waals surface area contributed by atoms with E-state index >= 15 is 0 Å². The summed E-state index contributed by atoms with van der Waals surface area (Å²) in [5, 5.41) is 29.9. The summed E-state index contributed by atoms with van der Waals surface area (Å²) in [7, 11) is -1.17. The van der Waals surface area contributed by atoms with E-state index < -0.39 is 22.3 Å². The number of carbonyl (C=O) groups is 3. The van der Waals surface area contributed by atoms with Gasteiger partial charge in [-0.3, -0.25) is 24.3 Å². The SMILES string of the molecule is CS(C)(CCCC(=O)N1CCN(CCOc2ccnc(C(O)O)c2)CC1)CC(=O)NCCOCCOCCOCCOCCC(=O)O. The highest BCUT2D eigenvalue weighted by atomic mass is 32.3. The van der Waals surface area contributed by atoms with Gasteiger partial charge in [0.1, 0.15) is 12.4 Å². The number of aliphatic hydroxyl groups is 2. The monoisotopic (exact) mass is 690 g/mol. The van der Waals surface area contributed by atoms with Crippen LogP contribution in [-0.4, -0.2) is 171 Å². The van der Waals surface area contributed by atoms with Gasteiger partial charge in [0.2, 0.25) is 11.8 Å². The molecule has 2 rings (SSSR count). The summed E-state index contributed by atoms with van der Waals surface area (Å²) in [6.45, 7) is 7.40. The number of piperazine rings is 1. The minimum absolute atomic E-state index is 0.00396. The second-order valence-corrected chi connectivity index (χ2v) is 15.8. The largest absolute Gasteiger partial charge is 0.492 e. The molecule has 1 saturated heterocycles. The molecule has 0 bridgehead atoms. The lowest BCUT2D eigenvalue weighted by Crippen LogP contribution is -2.49. The van der Waals surface area contributed by atoms with Crippen molar-refractivity contribution in [1.29, 1.82) is 0 Å². The smallest absolute Gasteiger partial charge is 0.305 e. The molecule has 0 atom stereocenters. The summed E-state index contributed by atoms with van der Waals surface area (Å²) in [4.78, 5) is 43.6. The van der Waals surface area contributed by atoms with Crippen molar-refractivity contribution >= 4 is 27.8 Å². The van der Waals surface area contributed by atoms with Crippen LogP contribution in [0.15, 0.2) is 18.3 Å². The van der Waals surface area contributed by atoms with Crippen LogP contribution in [0.5, 0.6) is 5.75 Å². The maximum atomic E-state index is 12.8. The minimum atomic E-state index is -1.64. The Labute approximate surface area is 279 Å². The average molecular weight is 691 g/mol. The first-order chi connectivity index (χ1) is 22.6. The van der Waals surface area contributed by atoms with Gasteiger partial charge in [-0.15, -0.1) is 0 Å². The van der Waals surface area contributed by atoms with Crippen molar-refractivity contribution in [3.63, 3.8) is 0 Å². The molecule has 2 heterocycles. The van der Waals surface area contributed by atoms with Crippen LogP contribution in [0.4, 0.5) is 0 Å². The quantitative estimate of drug-likeness (QED) is 0.0757. The number of ether oxygens (including phenoxy) is 5. The van der Waals surface area contributed by atoms with E-state index in [0.717, 1.165) is 25.3 Å². The van der Waals surface area contributed by atoms with Crippen LogP contribution < -0.4 is 10.1 Å². The van der Waals surface area contributed by atoms with Gasteiger partial charge in [0, 0.05) is 58.0 Å². The standard InChI is InChI=1S/C31H54N4O11S/c1-47(2,25-28(36)33-8-15-43-18-20-45-22-21-44-19-17-42-14-6-30(38)39)23-3-4-29(37)35-11-9-34(10-12-35)13-16-46-26-5-7-32-27(24-26)31(40)41/h5,7,24,31,40-41H,3-4,6,8-23,25H2,1-2H3,(H,33,36)(H,38,39). The number of carboxylic acids is 1. The van der Waals surface area contributed by atoms with Crippen molar-refractivity contribution < 1.29 is 53.4 Å². The number of carbonyl (C=O) groups excluding carboxylic acids is 2. The zero-order valence-electron chi connectivity index (χ0n) is 27.8. The molecule has 1 aromatic heterocycles. The van der Waals surface area contributed by atoms with Crippen LogP contribution in [0.3, 0.4) is 0 Å². The van der Waals surface area contributed by atoms with Gasteiger partial charge in [-0.2, -0.15) is 0 Å². The Bertz CT molecular complexity index is 1040. The van der Waals surface area contributed by atoms with Crippen LogP contribution in [0.1, 0.15) is 31.2 Å². The van der Waals surface area contributed by atoms with Crippen LogP contribution in [0, 0.1) is 0 Å². The summed E-state index contributed by atoms with van der Waals surface area (Å²) < 4.78 is 27.1. The number of aromatic nitrogens is 1. The number of nitrogens with one attached hydrogen (secondary N) is 1. The Morgan fingerprint density at radius 2 is 1.51 bits per heavy atom. The second-order valence-electron chi connectivity index (χ2n) is 11.5. The van der Waals surface area contributed by atoms with Crippen LogP contribution in [0.2, 0.25) is 0 Å². The highest BCUT2D eigenvalue weighted by Gasteiger charge is 2.22. The van der Waals surface area contributed by atoms with E-state index in [2.05, 4.69) is 27.7 Å². The third-order valence-electron chi connectivity index (χ3n) is 7.17. The van der Waals surface area contributed by atoms with Gasteiger partial charge in [0.15, 0.2) is 6.29 Å². The van der Waals surface area contributed by atoms with E-state index in [0.29, 0.717) is 97.0 Å². The van der Waals surface area contributed by atoms with Gasteiger partial charge < -0.3 is 49.2 Å². The van der Waals surface area contributed by atoms with E-state index in [1.807, 2.05) is 4.90 Å². The molecule has 47 heavy (non-hydrogen) atoms. The Morgan fingerprint density at radius 1 is 0.894 bits per heavy atom. The number of hydrogen-bond acceptors (Lipinski definition) is 12. The van der Waals surface area contributed by atoms with E-state index in [1.165, 1.54) is 12.3 Å². The fourth-order valence-corrected chi connectivity index (χ4v) is 6.49. The van der Waals surface area contributed by atoms with Crippen molar-refractivity contribution in [3.8, 4) is 5.75 Å². The molecule has 0 aromatic carbocycles. The predicted octanol–water partition coefficient (Wildman–Crippen LogP) is 0.0895. The van der Waals surface area contributed by atoms with Crippen LogP contribution in [-0.2, 0) is 33.3 Å². The summed E-state index contributed by atoms with van der Waals surface area (Å²) in [5.74, 6) is 1.10. The highest BCUT2D eigenvalue weighted by Crippen LogP contribution is 2.40. The number of carboxylic acid groups (broad SMARTS) is 1. The second kappa shape index (κ2) is 23.7. The Kier molecular flexibility index (Phi) is 20.5. The number of aliphatic carboxylic acids is 1. The number of nitrogens with zero attached hydrogens (tertiary/aromatic N) is 3. The minimum Gasteiger partial charge on any atom is -0.492 e. The fraction of sp³-hybridized carbons (Fsp3) is 0.742. The van der Waals surface area contributed by atoms with Gasteiger partial charge in [-0.05, 0) is 30.8 Å². The predicted molar refractivity (Wildman–Crippen MR) is 177 cm³/mol. The number of amides is 2. The van der Waals surface area contributed by atoms with Crippen molar-refractivity contribution in [1.82, 2.24) is 20.1 Å². The first kappa shape index (κ1) is 40.6. The molecule has 1 aliphatic heterocycles. The van der Waals surface area contributed by atoms with Gasteiger partial charge in [-0.1, -0.05) is 0 Å². The van der Waals surface area contributed by atoms with Gasteiger partial charge in [0.05, 0.1) is 70.7 Å². The lowest BCUT2D eigenvalue weighted by molar-refractivity contribution is -0.138. The van der Waals surface area contributed by atoms with E-state index in [9.17, 15) is 24.6 Å². The fourth-order valence-electron chi connectivity index (χ4n) is 4.61. The van der Waals surface area contributed by atoms with Crippen molar-refractivity contribution in [2.24, 2.45) is 0 Å². The number of aliphatic hydroxyl groups excluding tert-OH is 1. The zero-order valence-corrected chi connectivity index (χ0v) is 28.6. The molecule has 0 unspecified atom stereocenters. The summed E-state index contributed by atoms with van der Waals surface area (Å²) in [6, 6.07) is 3.17. The molecule has 0 spiro atoms. The Morgan fingerprint density at radius 3 is 2.13 bits per heavy atom. The molecule has 4 N–H and O–H groups in total. The Balaban J connectivity index is 1.43. The maximum Gasteiger partial charge on any atom is 0.305 e. The molecule has 0 aliphatic carbocycles. The van der Waals surface area contributed by atoms with E-state index in [4.69, 9.17) is 28.8 Å². The summed E-state index contributed by atoms with van der Waals surface area (Å²) in [6.07, 6.45) is 5.31. The third-order valence-corrected chi connectivity index (χ3v) is 9.61. The number of pyridine rings is 1. The van der Waals surface area contributed by atoms with Gasteiger partial charge >= 0.3 is 5.97 Å². The third kappa shape index (κ3) is 19.8. The topological polar surface area (TPSA) is 189 Å². The summed E-state index contributed by atoms with van der Waals surface area (Å²) in [5.41, 5.74) is 0.139. The molecule has 270 valence electrons. The van der Waals surface area contributed by atoms with Crippen molar-refractivity contribution in [2.75, 3.05) is 123 Å². The molecule has 2 amide bonds. The Hall–Kier alpha value is -2.57. The molecule has 1 fully saturated rings. The van der Waals surface area contributed by atoms with Gasteiger partial charge in [0.25, 0.3) is 0 Å². The average Bonchev–Trinajstić information content (AvgIpc) is 3.02. The summed E-state index contributed by atoms with van der Waals surface area (Å²) >= 11 is 0. The molecule has 1 aromatic rings. The first-order valence-electron chi connectivity index (χ1n) is 16.0. The van der Waals surface area contributed by atoms with Crippen LogP contribution in [0.25, 0.3) is 0 Å². The molecule has 1 aliphatic rings. The van der Waals surface area contributed by atoms with Gasteiger partial charge in [-0.25, -0.2) is 10.0 Å². The molecule has 16 heteroatoms. The lowest BCUT2D eigenvalue weighted by atomic mass is 10.2. The molecule has 0 saturated carbocycles. The zero-order chi connectivity index (χ0) is 34.3. The van der Waals surface area contributed by atoms with Crippen LogP contribution >= 0.6 is 10.0 Å². The highest BCUT2D eigenvalue weighted by molar-refractivity contribution is 8.33. The molecule has 0 radical (unpaired) electrons. The number of hydrogen-bond donors (Lipinski definition) is 4. The molecule has 15 nitrogen and oxygen atoms in total.